The molecule has 164 valence electrons. The lowest BCUT2D eigenvalue weighted by molar-refractivity contribution is -0.384. The molecule has 0 unspecified atom stereocenters. The van der Waals surface area contributed by atoms with E-state index in [4.69, 9.17) is 4.74 Å². The van der Waals surface area contributed by atoms with Crippen molar-refractivity contribution in [3.05, 3.63) is 64.2 Å². The molecule has 0 aromatic heterocycles. The highest BCUT2D eigenvalue weighted by Gasteiger charge is 2.20. The van der Waals surface area contributed by atoms with Crippen LogP contribution in [0.1, 0.15) is 5.56 Å². The molecule has 8 nitrogen and oxygen atoms in total. The first kappa shape index (κ1) is 22.0. The Hall–Kier alpha value is -3.69. The van der Waals surface area contributed by atoms with Crippen molar-refractivity contribution in [1.29, 1.82) is 0 Å². The van der Waals surface area contributed by atoms with Crippen LogP contribution in [-0.2, 0) is 4.79 Å². The Bertz CT molecular complexity index is 958. The van der Waals surface area contributed by atoms with Crippen LogP contribution >= 0.6 is 0 Å². The SMILES string of the molecule is COc1cc(/C=C/C(=O)N2CCN(c3ccc([N+](=O)[O-])cc3)CC2)ccc1OC(F)F. The summed E-state index contributed by atoms with van der Waals surface area (Å²) < 4.78 is 34.3. The van der Waals surface area contributed by atoms with E-state index in [0.29, 0.717) is 31.7 Å². The zero-order valence-corrected chi connectivity index (χ0v) is 16.7. The number of anilines is 1. The number of halogens is 2. The highest BCUT2D eigenvalue weighted by molar-refractivity contribution is 5.92. The van der Waals surface area contributed by atoms with E-state index in [1.807, 2.05) is 0 Å². The molecule has 10 heteroatoms. The molecule has 31 heavy (non-hydrogen) atoms. The van der Waals surface area contributed by atoms with Gasteiger partial charge in [0.15, 0.2) is 11.5 Å². The molecule has 1 amide bonds. The van der Waals surface area contributed by atoms with Gasteiger partial charge in [-0.2, -0.15) is 8.78 Å². The van der Waals surface area contributed by atoms with E-state index in [2.05, 4.69) is 9.64 Å². The first-order valence-corrected chi connectivity index (χ1v) is 9.46. The molecule has 0 saturated carbocycles. The summed E-state index contributed by atoms with van der Waals surface area (Å²) in [6.45, 7) is -0.744. The number of rotatable bonds is 7. The van der Waals surface area contributed by atoms with Gasteiger partial charge in [-0.3, -0.25) is 14.9 Å². The van der Waals surface area contributed by atoms with Crippen molar-refractivity contribution in [2.24, 2.45) is 0 Å². The molecular formula is C21H21F2N3O5. The lowest BCUT2D eigenvalue weighted by Gasteiger charge is -2.35. The Morgan fingerprint density at radius 1 is 1.10 bits per heavy atom. The van der Waals surface area contributed by atoms with Crippen molar-refractivity contribution in [2.75, 3.05) is 38.2 Å². The molecule has 0 N–H and O–H groups in total. The summed E-state index contributed by atoms with van der Waals surface area (Å²) in [6.07, 6.45) is 3.00. The third kappa shape index (κ3) is 5.68. The summed E-state index contributed by atoms with van der Waals surface area (Å²) in [6, 6.07) is 10.7. The monoisotopic (exact) mass is 433 g/mol. The molecule has 0 radical (unpaired) electrons. The van der Waals surface area contributed by atoms with Gasteiger partial charge in [0.2, 0.25) is 5.91 Å². The Morgan fingerprint density at radius 2 is 1.77 bits per heavy atom. The molecule has 1 fully saturated rings. The number of alkyl halides is 2. The van der Waals surface area contributed by atoms with Crippen LogP contribution < -0.4 is 14.4 Å². The number of piperazine rings is 1. The number of benzene rings is 2. The maximum atomic E-state index is 12.5. The minimum atomic E-state index is -2.96. The predicted molar refractivity (Wildman–Crippen MR) is 111 cm³/mol. The van der Waals surface area contributed by atoms with Crippen LogP contribution in [0.5, 0.6) is 11.5 Å². The average molecular weight is 433 g/mol. The quantitative estimate of drug-likeness (QED) is 0.377. The van der Waals surface area contributed by atoms with E-state index < -0.39 is 11.5 Å². The molecule has 0 aliphatic carbocycles. The van der Waals surface area contributed by atoms with E-state index in [0.717, 1.165) is 5.69 Å². The fourth-order valence-electron chi connectivity index (χ4n) is 3.22. The van der Waals surface area contributed by atoms with Gasteiger partial charge in [-0.1, -0.05) is 6.07 Å². The summed E-state index contributed by atoms with van der Waals surface area (Å²) in [5, 5.41) is 10.8. The molecule has 2 aromatic carbocycles. The van der Waals surface area contributed by atoms with Crippen molar-refractivity contribution < 1.29 is 28.0 Å². The lowest BCUT2D eigenvalue weighted by atomic mass is 10.1. The average Bonchev–Trinajstić information content (AvgIpc) is 2.78. The van der Waals surface area contributed by atoms with Gasteiger partial charge in [-0.05, 0) is 35.9 Å². The minimum Gasteiger partial charge on any atom is -0.493 e. The Balaban J connectivity index is 1.57. The summed E-state index contributed by atoms with van der Waals surface area (Å²) in [7, 11) is 1.34. The predicted octanol–water partition coefficient (Wildman–Crippen LogP) is 3.57. The zero-order valence-electron chi connectivity index (χ0n) is 16.7. The van der Waals surface area contributed by atoms with E-state index in [-0.39, 0.29) is 23.1 Å². The molecule has 0 bridgehead atoms. The number of methoxy groups -OCH3 is 1. The van der Waals surface area contributed by atoms with Crippen molar-refractivity contribution >= 4 is 23.4 Å². The van der Waals surface area contributed by atoms with Gasteiger partial charge in [0.05, 0.1) is 12.0 Å². The van der Waals surface area contributed by atoms with Crippen LogP contribution in [0.2, 0.25) is 0 Å². The van der Waals surface area contributed by atoms with Gasteiger partial charge in [0, 0.05) is 50.1 Å². The third-order valence-corrected chi connectivity index (χ3v) is 4.84. The number of carbonyl (C=O) groups excluding carboxylic acids is 1. The molecule has 1 aliphatic heterocycles. The Morgan fingerprint density at radius 3 is 2.35 bits per heavy atom. The number of carbonyl (C=O) groups is 1. The van der Waals surface area contributed by atoms with Crippen LogP contribution in [0.4, 0.5) is 20.2 Å². The van der Waals surface area contributed by atoms with Crippen molar-refractivity contribution in [3.63, 3.8) is 0 Å². The maximum absolute atomic E-state index is 12.5. The van der Waals surface area contributed by atoms with E-state index in [1.54, 1.807) is 29.2 Å². The molecule has 1 heterocycles. The van der Waals surface area contributed by atoms with Crippen LogP contribution in [-0.4, -0.2) is 55.6 Å². The zero-order chi connectivity index (χ0) is 22.4. The van der Waals surface area contributed by atoms with Gasteiger partial charge in [0.25, 0.3) is 5.69 Å². The smallest absolute Gasteiger partial charge is 0.387 e. The lowest BCUT2D eigenvalue weighted by Crippen LogP contribution is -2.48. The Labute approximate surface area is 177 Å². The van der Waals surface area contributed by atoms with Crippen molar-refractivity contribution in [3.8, 4) is 11.5 Å². The van der Waals surface area contributed by atoms with Crippen LogP contribution in [0.15, 0.2) is 48.5 Å². The molecular weight excluding hydrogens is 412 g/mol. The number of hydrogen-bond acceptors (Lipinski definition) is 6. The number of nitro groups is 1. The number of nitro benzene ring substituents is 1. The number of ether oxygens (including phenoxy) is 2. The fourth-order valence-corrected chi connectivity index (χ4v) is 3.22. The number of hydrogen-bond donors (Lipinski definition) is 0. The third-order valence-electron chi connectivity index (χ3n) is 4.84. The summed E-state index contributed by atoms with van der Waals surface area (Å²) >= 11 is 0. The summed E-state index contributed by atoms with van der Waals surface area (Å²) in [4.78, 5) is 26.6. The van der Waals surface area contributed by atoms with Crippen LogP contribution in [0, 0.1) is 10.1 Å². The summed E-state index contributed by atoms with van der Waals surface area (Å²) in [5.41, 5.74) is 1.51. The second-order valence-corrected chi connectivity index (χ2v) is 6.71. The van der Waals surface area contributed by atoms with Gasteiger partial charge < -0.3 is 19.3 Å². The second kappa shape index (κ2) is 9.88. The van der Waals surface area contributed by atoms with E-state index in [9.17, 15) is 23.7 Å². The first-order valence-electron chi connectivity index (χ1n) is 9.46. The summed E-state index contributed by atoms with van der Waals surface area (Å²) in [5.74, 6) is -0.106. The largest absolute Gasteiger partial charge is 0.493 e. The molecule has 0 spiro atoms. The fraction of sp³-hybridized carbons (Fsp3) is 0.286. The topological polar surface area (TPSA) is 85.2 Å². The van der Waals surface area contributed by atoms with Gasteiger partial charge >= 0.3 is 6.61 Å². The van der Waals surface area contributed by atoms with Gasteiger partial charge in [-0.25, -0.2) is 0 Å². The van der Waals surface area contributed by atoms with Gasteiger partial charge in [-0.15, -0.1) is 0 Å². The second-order valence-electron chi connectivity index (χ2n) is 6.71. The number of amides is 1. The highest BCUT2D eigenvalue weighted by atomic mass is 19.3. The molecule has 3 rings (SSSR count). The molecule has 2 aromatic rings. The molecule has 1 aliphatic rings. The maximum Gasteiger partial charge on any atom is 0.387 e. The Kier molecular flexibility index (Phi) is 7.01. The molecule has 0 atom stereocenters. The standard InChI is InChI=1S/C21H21F2N3O5/c1-30-19-14-15(2-8-18(19)31-21(22)23)3-9-20(27)25-12-10-24(11-13-25)16-4-6-17(7-5-16)26(28)29/h2-9,14,21H,10-13H2,1H3/b9-3+. The van der Waals surface area contributed by atoms with E-state index in [1.165, 1.54) is 37.5 Å². The number of non-ortho nitro benzene ring substituents is 1. The van der Waals surface area contributed by atoms with Crippen molar-refractivity contribution in [1.82, 2.24) is 4.90 Å². The highest BCUT2D eigenvalue weighted by Crippen LogP contribution is 2.30. The van der Waals surface area contributed by atoms with E-state index >= 15 is 0 Å². The van der Waals surface area contributed by atoms with Crippen LogP contribution in [0.3, 0.4) is 0 Å². The first-order chi connectivity index (χ1) is 14.9. The van der Waals surface area contributed by atoms with Crippen molar-refractivity contribution in [2.45, 2.75) is 6.61 Å². The van der Waals surface area contributed by atoms with Crippen LogP contribution in [0.25, 0.3) is 6.08 Å². The normalized spacial score (nSPS) is 14.2. The minimum absolute atomic E-state index is 0.0353. The van der Waals surface area contributed by atoms with Gasteiger partial charge in [0.1, 0.15) is 0 Å². The molecule has 1 saturated heterocycles. The number of nitrogens with zero attached hydrogens (tertiary/aromatic N) is 3.